The van der Waals surface area contributed by atoms with Gasteiger partial charge in [0.1, 0.15) is 17.7 Å². The van der Waals surface area contributed by atoms with Gasteiger partial charge >= 0.3 is 6.01 Å². The average molecular weight is 455 g/mol. The van der Waals surface area contributed by atoms with Crippen molar-refractivity contribution in [2.24, 2.45) is 0 Å². The monoisotopic (exact) mass is 454 g/mol. The molecule has 0 radical (unpaired) electrons. The van der Waals surface area contributed by atoms with Gasteiger partial charge in [0.2, 0.25) is 5.91 Å². The maximum atomic E-state index is 14.6. The largest absolute Gasteiger partial charge is 0.459 e. The smallest absolute Gasteiger partial charge is 0.317 e. The van der Waals surface area contributed by atoms with Gasteiger partial charge in [0, 0.05) is 51.0 Å². The summed E-state index contributed by atoms with van der Waals surface area (Å²) < 4.78 is 28.6. The summed E-state index contributed by atoms with van der Waals surface area (Å²) >= 11 is 0. The summed E-state index contributed by atoms with van der Waals surface area (Å²) in [5, 5.41) is 3.24. The molecule has 0 aliphatic carbocycles. The van der Waals surface area contributed by atoms with Crippen molar-refractivity contribution in [3.8, 4) is 17.3 Å². The van der Waals surface area contributed by atoms with Crippen LogP contribution in [0.3, 0.4) is 0 Å². The second-order valence-corrected chi connectivity index (χ2v) is 8.55. The van der Waals surface area contributed by atoms with E-state index in [-0.39, 0.29) is 30.2 Å². The van der Waals surface area contributed by atoms with Crippen LogP contribution in [0.4, 0.5) is 4.39 Å². The number of rotatable bonds is 2. The fraction of sp³-hybridized carbons (Fsp3) is 0.478. The van der Waals surface area contributed by atoms with E-state index in [4.69, 9.17) is 9.47 Å². The molecule has 1 saturated heterocycles. The lowest BCUT2D eigenvalue weighted by atomic mass is 10.1. The third-order valence-electron chi connectivity index (χ3n) is 6.21. The van der Waals surface area contributed by atoms with E-state index < -0.39 is 5.82 Å². The zero-order valence-electron chi connectivity index (χ0n) is 18.9. The van der Waals surface area contributed by atoms with E-state index in [0.29, 0.717) is 49.4 Å². The van der Waals surface area contributed by atoms with Crippen LogP contribution < -0.4 is 10.1 Å². The van der Waals surface area contributed by atoms with E-state index >= 15 is 0 Å². The van der Waals surface area contributed by atoms with Gasteiger partial charge in [0.25, 0.3) is 0 Å². The van der Waals surface area contributed by atoms with Crippen molar-refractivity contribution in [2.45, 2.75) is 45.1 Å². The second-order valence-electron chi connectivity index (χ2n) is 8.55. The fourth-order valence-corrected chi connectivity index (χ4v) is 4.71. The van der Waals surface area contributed by atoms with Gasteiger partial charge in [0.15, 0.2) is 0 Å². The van der Waals surface area contributed by atoms with E-state index in [2.05, 4.69) is 20.3 Å². The molecule has 2 aliphatic rings. The third kappa shape index (κ3) is 4.16. The number of benzene rings is 1. The zero-order chi connectivity index (χ0) is 23.1. The van der Waals surface area contributed by atoms with Gasteiger partial charge in [-0.25, -0.2) is 14.4 Å². The molecule has 2 aliphatic heterocycles. The summed E-state index contributed by atoms with van der Waals surface area (Å²) in [4.78, 5) is 28.2. The number of likely N-dealkylation sites (N-methyl/N-ethyl adjacent to an activating group) is 1. The Kier molecular flexibility index (Phi) is 5.71. The van der Waals surface area contributed by atoms with E-state index in [0.717, 1.165) is 11.3 Å². The molecule has 1 N–H and O–H groups in total. The summed E-state index contributed by atoms with van der Waals surface area (Å²) in [6, 6.07) is 4.47. The lowest BCUT2D eigenvalue weighted by Gasteiger charge is -2.27. The molecule has 3 atom stereocenters. The van der Waals surface area contributed by atoms with Crippen LogP contribution >= 0.6 is 0 Å². The number of halogens is 1. The van der Waals surface area contributed by atoms with Crippen LogP contribution in [0, 0.1) is 12.7 Å². The number of ether oxygens (including phenoxy) is 2. The number of nitrogens with one attached hydrogen (secondary N) is 1. The Morgan fingerprint density at radius 2 is 2.15 bits per heavy atom. The summed E-state index contributed by atoms with van der Waals surface area (Å²) in [5.41, 5.74) is 2.45. The SMILES string of the molecule is CCO[C@H]1CN(C)C(=O)[C@@H]2CC(CN2)Oc2nccc(n2)-c2cc(F)cc3nc(C)n(c23)C1. The first-order valence-electron chi connectivity index (χ1n) is 11.2. The van der Waals surface area contributed by atoms with E-state index in [1.54, 1.807) is 24.2 Å². The standard InChI is InChI=1S/C23H27FN6O3/c1-4-32-16-11-29(3)22(31)20-9-15(10-26-20)33-23-25-6-5-18(28-23)17-7-14(24)8-19-21(17)30(12-16)13(2)27-19/h5-8,15-16,20,26H,4,9-12H2,1-3H3/t15?,16-,20-/m0/s1. The third-order valence-corrected chi connectivity index (χ3v) is 6.21. The first-order chi connectivity index (χ1) is 15.9. The number of aromatic nitrogens is 4. The van der Waals surface area contributed by atoms with Crippen molar-refractivity contribution in [2.75, 3.05) is 26.7 Å². The number of amides is 1. The molecule has 10 heteroatoms. The first-order valence-corrected chi connectivity index (χ1v) is 11.2. The lowest BCUT2D eigenvalue weighted by Crippen LogP contribution is -2.45. The number of hydrogen-bond donors (Lipinski definition) is 1. The molecule has 0 spiro atoms. The highest BCUT2D eigenvalue weighted by Gasteiger charge is 2.34. The number of fused-ring (bicyclic) bond motifs is 5. The molecular weight excluding hydrogens is 427 g/mol. The van der Waals surface area contributed by atoms with Crippen molar-refractivity contribution in [1.82, 2.24) is 29.7 Å². The van der Waals surface area contributed by atoms with Gasteiger partial charge in [0.05, 0.1) is 35.4 Å². The van der Waals surface area contributed by atoms with Crippen LogP contribution in [0.25, 0.3) is 22.3 Å². The molecule has 0 saturated carbocycles. The topological polar surface area (TPSA) is 94.4 Å². The summed E-state index contributed by atoms with van der Waals surface area (Å²) in [6.07, 6.45) is 1.61. The molecule has 4 heterocycles. The highest BCUT2D eigenvalue weighted by molar-refractivity contribution is 5.92. The van der Waals surface area contributed by atoms with Crippen molar-refractivity contribution >= 4 is 16.9 Å². The maximum Gasteiger partial charge on any atom is 0.317 e. The van der Waals surface area contributed by atoms with Crippen molar-refractivity contribution < 1.29 is 18.7 Å². The fourth-order valence-electron chi connectivity index (χ4n) is 4.71. The van der Waals surface area contributed by atoms with Crippen molar-refractivity contribution in [3.05, 3.63) is 36.0 Å². The van der Waals surface area contributed by atoms with Gasteiger partial charge in [-0.2, -0.15) is 4.98 Å². The highest BCUT2D eigenvalue weighted by Crippen LogP contribution is 2.31. The molecule has 1 amide bonds. The second kappa shape index (κ2) is 8.68. The van der Waals surface area contributed by atoms with Crippen molar-refractivity contribution in [1.29, 1.82) is 0 Å². The van der Waals surface area contributed by atoms with Crippen LogP contribution in [0.2, 0.25) is 0 Å². The Labute approximate surface area is 190 Å². The predicted octanol–water partition coefficient (Wildman–Crippen LogP) is 1.93. The van der Waals surface area contributed by atoms with Gasteiger partial charge in [-0.3, -0.25) is 4.79 Å². The van der Waals surface area contributed by atoms with Crippen LogP contribution in [-0.4, -0.2) is 75.3 Å². The Bertz CT molecular complexity index is 1200. The quantitative estimate of drug-likeness (QED) is 0.632. The zero-order valence-corrected chi connectivity index (χ0v) is 18.9. The number of imidazole rings is 1. The minimum Gasteiger partial charge on any atom is -0.459 e. The molecule has 1 aromatic carbocycles. The van der Waals surface area contributed by atoms with E-state index in [1.165, 1.54) is 12.1 Å². The van der Waals surface area contributed by atoms with Crippen LogP contribution in [-0.2, 0) is 16.1 Å². The number of carbonyl (C=O) groups excluding carboxylic acids is 1. The van der Waals surface area contributed by atoms with E-state index in [9.17, 15) is 9.18 Å². The predicted molar refractivity (Wildman–Crippen MR) is 119 cm³/mol. The summed E-state index contributed by atoms with van der Waals surface area (Å²) in [5.74, 6) is 0.326. The Balaban J connectivity index is 1.67. The lowest BCUT2D eigenvalue weighted by molar-refractivity contribution is -0.133. The molecule has 33 heavy (non-hydrogen) atoms. The normalized spacial score (nSPS) is 23.3. The van der Waals surface area contributed by atoms with Crippen LogP contribution in [0.15, 0.2) is 24.4 Å². The van der Waals surface area contributed by atoms with Gasteiger partial charge < -0.3 is 24.3 Å². The number of carbonyl (C=O) groups is 1. The highest BCUT2D eigenvalue weighted by atomic mass is 19.1. The molecule has 174 valence electrons. The number of nitrogens with zero attached hydrogens (tertiary/aromatic N) is 5. The Morgan fingerprint density at radius 1 is 1.30 bits per heavy atom. The van der Waals surface area contributed by atoms with Crippen molar-refractivity contribution in [3.63, 3.8) is 0 Å². The number of aryl methyl sites for hydroxylation is 1. The average Bonchev–Trinajstić information content (AvgIpc) is 3.36. The molecule has 1 fully saturated rings. The van der Waals surface area contributed by atoms with Gasteiger partial charge in [-0.15, -0.1) is 0 Å². The molecule has 5 rings (SSSR count). The molecular formula is C23H27FN6O3. The molecule has 1 unspecified atom stereocenters. The number of hydrogen-bond acceptors (Lipinski definition) is 7. The maximum absolute atomic E-state index is 14.6. The molecule has 9 nitrogen and oxygen atoms in total. The summed E-state index contributed by atoms with van der Waals surface area (Å²) in [7, 11) is 1.79. The summed E-state index contributed by atoms with van der Waals surface area (Å²) in [6.45, 7) is 5.71. The molecule has 3 aromatic rings. The van der Waals surface area contributed by atoms with Crippen LogP contribution in [0.1, 0.15) is 19.2 Å². The van der Waals surface area contributed by atoms with Gasteiger partial charge in [-0.05, 0) is 26.0 Å². The molecule has 4 bridgehead atoms. The van der Waals surface area contributed by atoms with Gasteiger partial charge in [-0.1, -0.05) is 0 Å². The first kappa shape index (κ1) is 21.7. The minimum atomic E-state index is -0.393. The van der Waals surface area contributed by atoms with Crippen LogP contribution in [0.5, 0.6) is 6.01 Å². The molecule has 2 aromatic heterocycles. The minimum absolute atomic E-state index is 0.00897. The Morgan fingerprint density at radius 3 is 2.97 bits per heavy atom. The van der Waals surface area contributed by atoms with E-state index in [1.807, 2.05) is 18.4 Å². The Hall–Kier alpha value is -3.11.